The van der Waals surface area contributed by atoms with Crippen molar-refractivity contribution in [2.24, 2.45) is 0 Å². The third kappa shape index (κ3) is 22.5. The Morgan fingerprint density at radius 2 is 0.828 bits per heavy atom. The van der Waals surface area contributed by atoms with E-state index < -0.39 is 27.1 Å². The van der Waals surface area contributed by atoms with Crippen LogP contribution >= 0.6 is 15.2 Å². The quantitative estimate of drug-likeness (QED) is 0.278. The van der Waals surface area contributed by atoms with Crippen molar-refractivity contribution < 1.29 is 68.0 Å². The molecule has 0 heterocycles. The summed E-state index contributed by atoms with van der Waals surface area (Å²) in [5.41, 5.74) is 0. The average Bonchev–Trinajstić information content (AvgIpc) is 2.54. The van der Waals surface area contributed by atoms with Gasteiger partial charge >= 0.3 is 34.7 Å². The molecule has 0 amide bonds. The molecule has 0 aliphatic carbocycles. The molecular formula is C16H20O10P2Zn. The molecular weight excluding hydrogens is 480 g/mol. The summed E-state index contributed by atoms with van der Waals surface area (Å²) in [6.07, 6.45) is 0. The first-order chi connectivity index (χ1) is 12.7. The molecule has 0 radical (unpaired) electrons. The molecule has 13 heteroatoms. The summed E-state index contributed by atoms with van der Waals surface area (Å²) in [5.74, 6) is -2.17. The Kier molecular flexibility index (Phi) is 17.8. The van der Waals surface area contributed by atoms with E-state index in [9.17, 15) is 9.13 Å². The Labute approximate surface area is 180 Å². The maximum atomic E-state index is 10.5. The first-order valence-electron chi connectivity index (χ1n) is 7.25. The Bertz CT molecular complexity index is 725. The zero-order valence-corrected chi connectivity index (χ0v) is 20.4. The fraction of sp³-hybridized carbons (Fsp3) is 0.125. The van der Waals surface area contributed by atoms with Gasteiger partial charge in [0.05, 0.1) is 10.6 Å². The molecule has 2 rings (SSSR count). The standard InChI is InChI=1S/2C6H7O3P.2C2H4O2.Zn/c2*7-10(8,9)6-4-2-1-3-5-6;2*1-2(3)4;/h2*1-5H,(H2,7,8,9);2*1H3,(H,3,4);/q;;;;+2/p-2. The van der Waals surface area contributed by atoms with E-state index in [1.807, 2.05) is 0 Å². The van der Waals surface area contributed by atoms with E-state index in [1.165, 1.54) is 24.3 Å². The molecule has 0 saturated carbocycles. The number of benzene rings is 2. The maximum Gasteiger partial charge on any atom is 2.00 e. The van der Waals surface area contributed by atoms with Crippen molar-refractivity contribution in [1.29, 1.82) is 0 Å². The van der Waals surface area contributed by atoms with E-state index in [0.29, 0.717) is 0 Å². The Hall–Kier alpha value is -1.70. The van der Waals surface area contributed by atoms with Gasteiger partial charge in [-0.05, 0) is 38.1 Å². The van der Waals surface area contributed by atoms with Gasteiger partial charge in [0.2, 0.25) is 0 Å². The van der Waals surface area contributed by atoms with Gasteiger partial charge in [-0.15, -0.1) is 0 Å². The number of hydrogen-bond acceptors (Lipinski definition) is 6. The Balaban J connectivity index is -0.000000336. The largest absolute Gasteiger partial charge is 2.00 e. The fourth-order valence-corrected chi connectivity index (χ4v) is 2.37. The third-order valence-corrected chi connectivity index (χ3v) is 4.13. The van der Waals surface area contributed by atoms with E-state index >= 15 is 0 Å². The van der Waals surface area contributed by atoms with Crippen molar-refractivity contribution in [3.05, 3.63) is 60.7 Å². The number of carboxylic acid groups (broad SMARTS) is 2. The molecule has 29 heavy (non-hydrogen) atoms. The van der Waals surface area contributed by atoms with Crippen LogP contribution in [0, 0.1) is 0 Å². The van der Waals surface area contributed by atoms with Crippen molar-refractivity contribution in [2.75, 3.05) is 0 Å². The van der Waals surface area contributed by atoms with E-state index in [0.717, 1.165) is 13.8 Å². The maximum absolute atomic E-state index is 10.5. The second-order valence-corrected chi connectivity index (χ2v) is 7.95. The molecule has 0 saturated heterocycles. The SMILES string of the molecule is CC(=O)[O-].CC(=O)[O-].O=P(O)(O)c1ccccc1.O=P(O)(O)c1ccccc1.[Zn+2]. The number of hydrogen-bond donors (Lipinski definition) is 4. The van der Waals surface area contributed by atoms with Crippen LogP contribution in [0.25, 0.3) is 0 Å². The number of carbonyl (C=O) groups is 2. The van der Waals surface area contributed by atoms with Gasteiger partial charge in [-0.2, -0.15) is 0 Å². The first-order valence-corrected chi connectivity index (χ1v) is 10.5. The number of carboxylic acids is 2. The smallest absolute Gasteiger partial charge is 0.550 e. The van der Waals surface area contributed by atoms with Crippen LogP contribution in [-0.2, 0) is 38.2 Å². The molecule has 0 atom stereocenters. The third-order valence-electron chi connectivity index (χ3n) is 2.19. The second-order valence-electron chi connectivity index (χ2n) is 4.74. The minimum Gasteiger partial charge on any atom is -0.550 e. The van der Waals surface area contributed by atoms with Crippen LogP contribution in [0.3, 0.4) is 0 Å². The van der Waals surface area contributed by atoms with Crippen molar-refractivity contribution in [3.8, 4) is 0 Å². The van der Waals surface area contributed by atoms with Gasteiger partial charge in [0.25, 0.3) is 0 Å². The molecule has 0 spiro atoms. The van der Waals surface area contributed by atoms with Gasteiger partial charge in [0.1, 0.15) is 0 Å². The molecule has 0 aliphatic rings. The molecule has 0 unspecified atom stereocenters. The van der Waals surface area contributed by atoms with Crippen molar-refractivity contribution >= 4 is 37.7 Å². The van der Waals surface area contributed by atoms with Crippen LogP contribution < -0.4 is 20.8 Å². The summed E-state index contributed by atoms with van der Waals surface area (Å²) in [5, 5.41) is 17.9. The number of aliphatic carboxylic acids is 2. The van der Waals surface area contributed by atoms with Gasteiger partial charge in [-0.25, -0.2) is 0 Å². The molecule has 10 nitrogen and oxygen atoms in total. The van der Waals surface area contributed by atoms with Gasteiger partial charge in [0.15, 0.2) is 0 Å². The van der Waals surface area contributed by atoms with Crippen LogP contribution in [0.5, 0.6) is 0 Å². The van der Waals surface area contributed by atoms with E-state index in [4.69, 9.17) is 39.4 Å². The molecule has 156 valence electrons. The fourth-order valence-electron chi connectivity index (χ4n) is 1.24. The van der Waals surface area contributed by atoms with Crippen LogP contribution in [-0.4, -0.2) is 31.5 Å². The van der Waals surface area contributed by atoms with Gasteiger partial charge in [-0.3, -0.25) is 9.13 Å². The summed E-state index contributed by atoms with van der Waals surface area (Å²) >= 11 is 0. The minimum absolute atomic E-state index is 0. The molecule has 0 bridgehead atoms. The predicted molar refractivity (Wildman–Crippen MR) is 97.6 cm³/mol. The summed E-state index contributed by atoms with van der Waals surface area (Å²) in [6, 6.07) is 15.4. The van der Waals surface area contributed by atoms with Crippen LogP contribution in [0.2, 0.25) is 0 Å². The summed E-state index contributed by atoms with van der Waals surface area (Å²) in [7, 11) is -8.04. The van der Waals surface area contributed by atoms with Crippen LogP contribution in [0.15, 0.2) is 60.7 Å². The van der Waals surface area contributed by atoms with E-state index in [-0.39, 0.29) is 30.1 Å². The van der Waals surface area contributed by atoms with Gasteiger partial charge in [0, 0.05) is 11.9 Å². The Morgan fingerprint density at radius 3 is 0.931 bits per heavy atom. The Morgan fingerprint density at radius 1 is 0.655 bits per heavy atom. The molecule has 0 fully saturated rings. The molecule has 0 aliphatic heterocycles. The topological polar surface area (TPSA) is 195 Å². The zero-order valence-electron chi connectivity index (χ0n) is 15.6. The normalized spacial score (nSPS) is 9.59. The first kappa shape index (κ1) is 32.0. The predicted octanol–water partition coefficient (Wildman–Crippen LogP) is -1.51. The molecule has 0 aromatic heterocycles. The zero-order chi connectivity index (χ0) is 22.4. The van der Waals surface area contributed by atoms with Gasteiger partial charge < -0.3 is 39.4 Å². The van der Waals surface area contributed by atoms with E-state index in [1.54, 1.807) is 36.4 Å². The van der Waals surface area contributed by atoms with Crippen molar-refractivity contribution in [3.63, 3.8) is 0 Å². The average molecular weight is 500 g/mol. The summed E-state index contributed by atoms with van der Waals surface area (Å²) < 4.78 is 21.1. The van der Waals surface area contributed by atoms with Gasteiger partial charge in [-0.1, -0.05) is 36.4 Å². The monoisotopic (exact) mass is 498 g/mol. The van der Waals surface area contributed by atoms with Crippen LogP contribution in [0.1, 0.15) is 13.8 Å². The minimum atomic E-state index is -4.02. The molecule has 4 N–H and O–H groups in total. The molecule has 2 aromatic rings. The van der Waals surface area contributed by atoms with Crippen molar-refractivity contribution in [2.45, 2.75) is 13.8 Å². The second kappa shape index (κ2) is 16.1. The number of rotatable bonds is 2. The molecule has 2 aromatic carbocycles. The van der Waals surface area contributed by atoms with Crippen molar-refractivity contribution in [1.82, 2.24) is 0 Å². The summed E-state index contributed by atoms with van der Waals surface area (Å²) in [4.78, 5) is 52.2. The summed E-state index contributed by atoms with van der Waals surface area (Å²) in [6.45, 7) is 1.94. The van der Waals surface area contributed by atoms with Crippen LogP contribution in [0.4, 0.5) is 0 Å². The van der Waals surface area contributed by atoms with E-state index in [2.05, 4.69) is 0 Å². The number of carbonyl (C=O) groups excluding carboxylic acids is 2.